The summed E-state index contributed by atoms with van der Waals surface area (Å²) in [5.74, 6) is -1.38. The topological polar surface area (TPSA) is 92.7 Å². The number of nitrogens with zero attached hydrogens (tertiary/aromatic N) is 1. The molecule has 0 radical (unpaired) electrons. The summed E-state index contributed by atoms with van der Waals surface area (Å²) in [6.45, 7) is 3.11. The summed E-state index contributed by atoms with van der Waals surface area (Å²) in [4.78, 5) is 24.4. The van der Waals surface area contributed by atoms with Gasteiger partial charge in [-0.15, -0.1) is 0 Å². The zero-order chi connectivity index (χ0) is 22.3. The predicted octanol–water partition coefficient (Wildman–Crippen LogP) is 0.188. The molecule has 0 fully saturated rings. The van der Waals surface area contributed by atoms with Crippen molar-refractivity contribution in [2.24, 2.45) is 0 Å². The third kappa shape index (κ3) is 24.1. The zero-order valence-corrected chi connectivity index (χ0v) is 22.2. The van der Waals surface area contributed by atoms with Gasteiger partial charge in [-0.3, -0.25) is 4.79 Å². The maximum Gasteiger partial charge on any atom is 1.00 e. The maximum absolute atomic E-state index is 12.2. The first kappa shape index (κ1) is 32.8. The van der Waals surface area contributed by atoms with E-state index in [4.69, 9.17) is 5.11 Å². The summed E-state index contributed by atoms with van der Waals surface area (Å²) in [6.07, 6.45) is 20.7. The summed E-state index contributed by atoms with van der Waals surface area (Å²) in [7, 11) is 0. The van der Waals surface area contributed by atoms with Crippen LogP contribution >= 0.6 is 0 Å². The number of aliphatic hydroxyl groups excluding tert-OH is 1. The standard InChI is InChI=1S/C24H46N2O4.Na/c1-2-3-4-5-6-7-8-9-10-11-12-13-14-15-16-17-23(28)26(22-24(29)30)20-18-25-19-21-27;/h9-10,25,27H,2-8,11-22H2,1H3,(H,29,30);/q;+1/p-1. The minimum atomic E-state index is -1.24. The molecule has 2 N–H and O–H groups in total. The summed E-state index contributed by atoms with van der Waals surface area (Å²) < 4.78 is 0. The number of amides is 1. The average molecular weight is 449 g/mol. The van der Waals surface area contributed by atoms with Crippen LogP contribution in [0.15, 0.2) is 12.2 Å². The van der Waals surface area contributed by atoms with E-state index >= 15 is 0 Å². The van der Waals surface area contributed by atoms with Crippen LogP contribution in [0.2, 0.25) is 0 Å². The normalized spacial score (nSPS) is 10.9. The SMILES string of the molecule is CCCCCCCCC=CCCCCCCCC(=O)N(CCNCCO)CC(=O)[O-].[Na+]. The number of carbonyl (C=O) groups is 2. The number of unbranched alkanes of at least 4 members (excludes halogenated alkanes) is 11. The van der Waals surface area contributed by atoms with E-state index < -0.39 is 5.97 Å². The van der Waals surface area contributed by atoms with Crippen LogP contribution in [-0.2, 0) is 9.59 Å². The molecule has 0 aromatic rings. The molecule has 0 atom stereocenters. The van der Waals surface area contributed by atoms with Crippen LogP contribution in [0.1, 0.15) is 96.8 Å². The van der Waals surface area contributed by atoms with Crippen LogP contribution in [-0.4, -0.2) is 54.7 Å². The molecule has 31 heavy (non-hydrogen) atoms. The van der Waals surface area contributed by atoms with Crippen molar-refractivity contribution in [3.05, 3.63) is 12.2 Å². The molecule has 1 amide bonds. The summed E-state index contributed by atoms with van der Waals surface area (Å²) in [5.41, 5.74) is 0. The Labute approximate surface area is 212 Å². The van der Waals surface area contributed by atoms with E-state index in [1.54, 1.807) is 0 Å². The van der Waals surface area contributed by atoms with Gasteiger partial charge in [0.1, 0.15) is 0 Å². The third-order valence-electron chi connectivity index (χ3n) is 5.17. The Morgan fingerprint density at radius 3 is 1.97 bits per heavy atom. The molecule has 0 spiro atoms. The average Bonchev–Trinajstić information content (AvgIpc) is 2.72. The van der Waals surface area contributed by atoms with Gasteiger partial charge in [-0.2, -0.15) is 0 Å². The number of aliphatic hydroxyl groups is 1. The summed E-state index contributed by atoms with van der Waals surface area (Å²) in [6, 6.07) is 0. The van der Waals surface area contributed by atoms with Crippen molar-refractivity contribution in [3.8, 4) is 0 Å². The number of hydrogen-bond acceptors (Lipinski definition) is 5. The van der Waals surface area contributed by atoms with Crippen molar-refractivity contribution in [3.63, 3.8) is 0 Å². The van der Waals surface area contributed by atoms with Crippen molar-refractivity contribution in [2.45, 2.75) is 96.8 Å². The minimum absolute atomic E-state index is 0. The van der Waals surface area contributed by atoms with Crippen molar-refractivity contribution in [1.82, 2.24) is 10.2 Å². The van der Waals surface area contributed by atoms with Gasteiger partial charge in [0.25, 0.3) is 0 Å². The molecule has 6 nitrogen and oxygen atoms in total. The number of carboxylic acid groups (broad SMARTS) is 1. The first-order chi connectivity index (χ1) is 14.6. The molecular formula is C24H45N2NaO4. The number of carbonyl (C=O) groups excluding carboxylic acids is 2. The molecule has 0 heterocycles. The zero-order valence-electron chi connectivity index (χ0n) is 20.2. The van der Waals surface area contributed by atoms with Gasteiger partial charge in [-0.05, 0) is 32.1 Å². The monoisotopic (exact) mass is 448 g/mol. The van der Waals surface area contributed by atoms with Gasteiger partial charge >= 0.3 is 29.6 Å². The number of rotatable bonds is 22. The Morgan fingerprint density at radius 1 is 0.871 bits per heavy atom. The van der Waals surface area contributed by atoms with Crippen molar-refractivity contribution >= 4 is 11.9 Å². The molecule has 0 saturated carbocycles. The smallest absolute Gasteiger partial charge is 0.548 e. The van der Waals surface area contributed by atoms with Gasteiger partial charge in [-0.25, -0.2) is 0 Å². The first-order valence-corrected chi connectivity index (χ1v) is 12.1. The Balaban J connectivity index is 0. The van der Waals surface area contributed by atoms with Crippen LogP contribution in [0.25, 0.3) is 0 Å². The maximum atomic E-state index is 12.2. The van der Waals surface area contributed by atoms with Crippen molar-refractivity contribution < 1.29 is 49.4 Å². The fraction of sp³-hybridized carbons (Fsp3) is 0.833. The second kappa shape index (κ2) is 25.9. The molecule has 7 heteroatoms. The number of carboxylic acids is 1. The molecule has 0 unspecified atom stereocenters. The van der Waals surface area contributed by atoms with Crippen molar-refractivity contribution in [1.29, 1.82) is 0 Å². The molecule has 0 saturated heterocycles. The molecule has 176 valence electrons. The van der Waals surface area contributed by atoms with Crippen LogP contribution in [0.4, 0.5) is 0 Å². The molecular weight excluding hydrogens is 403 g/mol. The van der Waals surface area contributed by atoms with Gasteiger partial charge in [0, 0.05) is 26.1 Å². The van der Waals surface area contributed by atoms with Gasteiger partial charge in [-0.1, -0.05) is 70.4 Å². The molecule has 0 aromatic heterocycles. The largest absolute Gasteiger partial charge is 1.00 e. The minimum Gasteiger partial charge on any atom is -0.548 e. The molecule has 0 aromatic carbocycles. The van der Waals surface area contributed by atoms with E-state index in [2.05, 4.69) is 24.4 Å². The van der Waals surface area contributed by atoms with Gasteiger partial charge < -0.3 is 25.2 Å². The van der Waals surface area contributed by atoms with E-state index in [0.717, 1.165) is 25.7 Å². The molecule has 0 aliphatic carbocycles. The third-order valence-corrected chi connectivity index (χ3v) is 5.17. The number of aliphatic carboxylic acids is 1. The van der Waals surface area contributed by atoms with Crippen LogP contribution in [0, 0.1) is 0 Å². The second-order valence-electron chi connectivity index (χ2n) is 8.00. The fourth-order valence-corrected chi connectivity index (χ4v) is 3.37. The Morgan fingerprint density at radius 2 is 1.42 bits per heavy atom. The second-order valence-corrected chi connectivity index (χ2v) is 8.00. The molecule has 0 aliphatic rings. The Bertz CT molecular complexity index is 447. The van der Waals surface area contributed by atoms with E-state index in [9.17, 15) is 14.7 Å². The van der Waals surface area contributed by atoms with Gasteiger partial charge in [0.05, 0.1) is 19.1 Å². The van der Waals surface area contributed by atoms with E-state index in [1.165, 1.54) is 62.7 Å². The summed E-state index contributed by atoms with van der Waals surface area (Å²) >= 11 is 0. The Kier molecular flexibility index (Phi) is 27.3. The van der Waals surface area contributed by atoms with Crippen LogP contribution in [0.3, 0.4) is 0 Å². The van der Waals surface area contributed by atoms with Crippen molar-refractivity contribution in [2.75, 3.05) is 32.8 Å². The molecule has 0 aliphatic heterocycles. The molecule has 0 bridgehead atoms. The number of allylic oxidation sites excluding steroid dienone is 2. The van der Waals surface area contributed by atoms with E-state index in [-0.39, 0.29) is 48.6 Å². The number of hydrogen-bond donors (Lipinski definition) is 2. The van der Waals surface area contributed by atoms with E-state index in [1.807, 2.05) is 0 Å². The molecule has 0 rings (SSSR count). The fourth-order valence-electron chi connectivity index (χ4n) is 3.37. The van der Waals surface area contributed by atoms with Crippen LogP contribution in [0.5, 0.6) is 0 Å². The van der Waals surface area contributed by atoms with Gasteiger partial charge in [0.15, 0.2) is 0 Å². The Hall–Kier alpha value is -0.400. The predicted molar refractivity (Wildman–Crippen MR) is 121 cm³/mol. The quantitative estimate of drug-likeness (QED) is 0.140. The first-order valence-electron chi connectivity index (χ1n) is 12.1. The summed E-state index contributed by atoms with van der Waals surface area (Å²) in [5, 5.41) is 22.5. The van der Waals surface area contributed by atoms with E-state index in [0.29, 0.717) is 26.1 Å². The number of nitrogens with one attached hydrogen (secondary N) is 1. The van der Waals surface area contributed by atoms with Gasteiger partial charge in [0.2, 0.25) is 5.91 Å². The van der Waals surface area contributed by atoms with Crippen LogP contribution < -0.4 is 40.0 Å².